The summed E-state index contributed by atoms with van der Waals surface area (Å²) >= 11 is 3.09. The molecule has 0 radical (unpaired) electrons. The van der Waals surface area contributed by atoms with Crippen LogP contribution in [-0.2, 0) is 0 Å². The first kappa shape index (κ1) is 11.6. The van der Waals surface area contributed by atoms with Crippen molar-refractivity contribution < 1.29 is 9.50 Å². The second-order valence-electron chi connectivity index (χ2n) is 3.45. The second-order valence-corrected chi connectivity index (χ2v) is 4.31. The van der Waals surface area contributed by atoms with Crippen molar-refractivity contribution in [3.8, 4) is 0 Å². The van der Waals surface area contributed by atoms with Gasteiger partial charge in [0, 0.05) is 11.6 Å². The highest BCUT2D eigenvalue weighted by Gasteiger charge is 2.18. The van der Waals surface area contributed by atoms with E-state index in [1.807, 2.05) is 6.92 Å². The lowest BCUT2D eigenvalue weighted by molar-refractivity contribution is 0.148. The van der Waals surface area contributed by atoms with Gasteiger partial charge in [-0.15, -0.1) is 0 Å². The summed E-state index contributed by atoms with van der Waals surface area (Å²) in [5.41, 5.74) is 6.63. The van der Waals surface area contributed by atoms with Crippen LogP contribution in [0.1, 0.15) is 24.2 Å². The Bertz CT molecular complexity index is 341. The number of aryl methyl sites for hydroxylation is 1. The number of aliphatic hydroxyl groups excluding tert-OH is 1. The average Bonchev–Trinajstić information content (AvgIpc) is 2.09. The van der Waals surface area contributed by atoms with Crippen LogP contribution in [0, 0.1) is 12.7 Å². The van der Waals surface area contributed by atoms with Gasteiger partial charge in [-0.1, -0.05) is 6.07 Å². The van der Waals surface area contributed by atoms with Crippen LogP contribution in [0.3, 0.4) is 0 Å². The molecule has 0 bridgehead atoms. The first-order valence-corrected chi connectivity index (χ1v) is 5.12. The minimum Gasteiger partial charge on any atom is -0.387 e. The van der Waals surface area contributed by atoms with Crippen LogP contribution >= 0.6 is 15.9 Å². The molecule has 0 aliphatic rings. The Morgan fingerprint density at radius 1 is 1.50 bits per heavy atom. The molecule has 0 amide bonds. The molecule has 0 saturated carbocycles. The predicted molar refractivity (Wildman–Crippen MR) is 57.4 cm³/mol. The first-order chi connectivity index (χ1) is 6.43. The summed E-state index contributed by atoms with van der Waals surface area (Å²) in [5, 5.41) is 9.64. The zero-order chi connectivity index (χ0) is 10.9. The van der Waals surface area contributed by atoms with Gasteiger partial charge in [0.2, 0.25) is 0 Å². The lowest BCUT2D eigenvalue weighted by Gasteiger charge is -2.16. The first-order valence-electron chi connectivity index (χ1n) is 4.32. The van der Waals surface area contributed by atoms with Crippen LogP contribution in [0.5, 0.6) is 0 Å². The molecule has 0 aromatic heterocycles. The van der Waals surface area contributed by atoms with Gasteiger partial charge in [0.25, 0.3) is 0 Å². The highest BCUT2D eigenvalue weighted by Crippen LogP contribution is 2.26. The summed E-state index contributed by atoms with van der Waals surface area (Å²) in [6.45, 7) is 3.47. The van der Waals surface area contributed by atoms with E-state index in [-0.39, 0.29) is 5.56 Å². The molecule has 0 heterocycles. The van der Waals surface area contributed by atoms with Crippen molar-refractivity contribution in [3.63, 3.8) is 0 Å². The largest absolute Gasteiger partial charge is 0.387 e. The molecule has 1 aromatic rings. The number of hydrogen-bond donors (Lipinski definition) is 2. The highest BCUT2D eigenvalue weighted by molar-refractivity contribution is 9.10. The van der Waals surface area contributed by atoms with E-state index in [4.69, 9.17) is 5.73 Å². The van der Waals surface area contributed by atoms with Gasteiger partial charge in [-0.2, -0.15) is 0 Å². The number of halogens is 2. The van der Waals surface area contributed by atoms with Crippen molar-refractivity contribution in [3.05, 3.63) is 33.5 Å². The SMILES string of the molecule is Cc1cc(Br)c(F)c([C@@H](O)[C@H](C)N)c1. The van der Waals surface area contributed by atoms with Gasteiger partial charge in [-0.25, -0.2) is 4.39 Å². The van der Waals surface area contributed by atoms with Gasteiger partial charge in [0.15, 0.2) is 0 Å². The predicted octanol–water partition coefficient (Wildman–Crippen LogP) is 2.28. The molecular formula is C10H13BrFNO. The Kier molecular flexibility index (Phi) is 3.64. The van der Waals surface area contributed by atoms with Gasteiger partial charge in [0.1, 0.15) is 5.82 Å². The molecule has 0 unspecified atom stereocenters. The third kappa shape index (κ3) is 2.32. The van der Waals surface area contributed by atoms with E-state index < -0.39 is 18.0 Å². The van der Waals surface area contributed by atoms with E-state index in [0.717, 1.165) is 5.56 Å². The Hall–Kier alpha value is -0.450. The maximum Gasteiger partial charge on any atom is 0.143 e. The van der Waals surface area contributed by atoms with Gasteiger partial charge in [-0.3, -0.25) is 0 Å². The normalized spacial score (nSPS) is 15.3. The number of rotatable bonds is 2. The number of aliphatic hydroxyl groups is 1. The fraction of sp³-hybridized carbons (Fsp3) is 0.400. The van der Waals surface area contributed by atoms with Crippen LogP contribution < -0.4 is 5.73 Å². The highest BCUT2D eigenvalue weighted by atomic mass is 79.9. The summed E-state index contributed by atoms with van der Waals surface area (Å²) in [6.07, 6.45) is -0.966. The lowest BCUT2D eigenvalue weighted by atomic mass is 10.0. The molecule has 0 fully saturated rings. The third-order valence-electron chi connectivity index (χ3n) is 2.02. The number of nitrogens with two attached hydrogens (primary N) is 1. The van der Waals surface area contributed by atoms with Crippen molar-refractivity contribution >= 4 is 15.9 Å². The molecule has 78 valence electrons. The molecule has 4 heteroatoms. The molecule has 0 saturated heterocycles. The minimum atomic E-state index is -0.966. The molecule has 0 aliphatic carbocycles. The smallest absolute Gasteiger partial charge is 0.143 e. The van der Waals surface area contributed by atoms with Crippen molar-refractivity contribution in [1.82, 2.24) is 0 Å². The maximum absolute atomic E-state index is 13.5. The minimum absolute atomic E-state index is 0.242. The van der Waals surface area contributed by atoms with E-state index in [2.05, 4.69) is 15.9 Å². The molecule has 0 spiro atoms. The molecule has 14 heavy (non-hydrogen) atoms. The molecule has 1 rings (SSSR count). The summed E-state index contributed by atoms with van der Waals surface area (Å²) in [4.78, 5) is 0. The van der Waals surface area contributed by atoms with E-state index in [9.17, 15) is 9.50 Å². The fourth-order valence-corrected chi connectivity index (χ4v) is 1.84. The summed E-state index contributed by atoms with van der Waals surface area (Å²) in [6, 6.07) is 2.78. The van der Waals surface area contributed by atoms with Gasteiger partial charge < -0.3 is 10.8 Å². The monoisotopic (exact) mass is 261 g/mol. The van der Waals surface area contributed by atoms with Crippen molar-refractivity contribution in [1.29, 1.82) is 0 Å². The number of benzene rings is 1. The van der Waals surface area contributed by atoms with E-state index in [1.54, 1.807) is 19.1 Å². The van der Waals surface area contributed by atoms with Crippen LogP contribution in [0.15, 0.2) is 16.6 Å². The van der Waals surface area contributed by atoms with E-state index >= 15 is 0 Å². The van der Waals surface area contributed by atoms with Gasteiger partial charge in [0.05, 0.1) is 10.6 Å². The van der Waals surface area contributed by atoms with Gasteiger partial charge in [-0.05, 0) is 41.4 Å². The maximum atomic E-state index is 13.5. The summed E-state index contributed by atoms with van der Waals surface area (Å²) < 4.78 is 13.9. The Balaban J connectivity index is 3.20. The Labute approximate surface area is 91.1 Å². The average molecular weight is 262 g/mol. The molecule has 3 N–H and O–H groups in total. The number of hydrogen-bond acceptors (Lipinski definition) is 2. The summed E-state index contributed by atoms with van der Waals surface area (Å²) in [7, 11) is 0. The van der Waals surface area contributed by atoms with Crippen LogP contribution in [0.25, 0.3) is 0 Å². The zero-order valence-corrected chi connectivity index (χ0v) is 9.68. The topological polar surface area (TPSA) is 46.2 Å². The molecular weight excluding hydrogens is 249 g/mol. The van der Waals surface area contributed by atoms with Gasteiger partial charge >= 0.3 is 0 Å². The molecule has 1 aromatic carbocycles. The Morgan fingerprint density at radius 3 is 2.57 bits per heavy atom. The van der Waals surface area contributed by atoms with E-state index in [0.29, 0.717) is 4.47 Å². The quantitative estimate of drug-likeness (QED) is 0.858. The van der Waals surface area contributed by atoms with Crippen molar-refractivity contribution in [2.75, 3.05) is 0 Å². The standard InChI is InChI=1S/C10H13BrFNO/c1-5-3-7(10(14)6(2)13)9(12)8(11)4-5/h3-4,6,10,14H,13H2,1-2H3/t6-,10-/m0/s1. The fourth-order valence-electron chi connectivity index (χ4n) is 1.25. The van der Waals surface area contributed by atoms with Crippen LogP contribution in [-0.4, -0.2) is 11.1 Å². The van der Waals surface area contributed by atoms with Crippen LogP contribution in [0.4, 0.5) is 4.39 Å². The van der Waals surface area contributed by atoms with Crippen LogP contribution in [0.2, 0.25) is 0 Å². The summed E-state index contributed by atoms with van der Waals surface area (Å²) in [5.74, 6) is -0.444. The third-order valence-corrected chi connectivity index (χ3v) is 2.59. The lowest BCUT2D eigenvalue weighted by Crippen LogP contribution is -2.25. The molecule has 0 aliphatic heterocycles. The second kappa shape index (κ2) is 4.38. The van der Waals surface area contributed by atoms with Crippen molar-refractivity contribution in [2.45, 2.75) is 26.0 Å². The van der Waals surface area contributed by atoms with Crippen molar-refractivity contribution in [2.24, 2.45) is 5.73 Å². The molecule has 2 nitrogen and oxygen atoms in total. The van der Waals surface area contributed by atoms with E-state index in [1.165, 1.54) is 0 Å². The zero-order valence-electron chi connectivity index (χ0n) is 8.09. The Morgan fingerprint density at radius 2 is 2.07 bits per heavy atom. The molecule has 2 atom stereocenters.